The second-order valence-electron chi connectivity index (χ2n) is 5.36. The van der Waals surface area contributed by atoms with Gasteiger partial charge in [0.2, 0.25) is 5.91 Å². The van der Waals surface area contributed by atoms with Gasteiger partial charge in [-0.3, -0.25) is 14.5 Å². The first kappa shape index (κ1) is 14.8. The third-order valence-corrected chi connectivity index (χ3v) is 3.86. The number of amides is 4. The molecule has 0 aromatic carbocycles. The number of urea groups is 1. The van der Waals surface area contributed by atoms with Crippen molar-refractivity contribution in [2.75, 3.05) is 26.2 Å². The molecule has 0 aromatic rings. The van der Waals surface area contributed by atoms with Crippen molar-refractivity contribution >= 4 is 17.8 Å². The molecule has 0 aromatic heterocycles. The first-order valence-electron chi connectivity index (χ1n) is 7.20. The second-order valence-corrected chi connectivity index (χ2v) is 5.36. The van der Waals surface area contributed by atoms with Crippen LogP contribution in [0.1, 0.15) is 32.6 Å². The Morgan fingerprint density at radius 2 is 2.05 bits per heavy atom. The van der Waals surface area contributed by atoms with Gasteiger partial charge in [-0.05, 0) is 32.4 Å². The number of piperidine rings is 1. The van der Waals surface area contributed by atoms with Crippen molar-refractivity contribution in [1.29, 1.82) is 0 Å². The van der Waals surface area contributed by atoms with Crippen LogP contribution in [0.2, 0.25) is 0 Å². The quantitative estimate of drug-likeness (QED) is 0.472. The number of carbonyl (C=O) groups is 3. The highest BCUT2D eigenvalue weighted by Gasteiger charge is 2.51. The third kappa shape index (κ3) is 2.92. The third-order valence-electron chi connectivity index (χ3n) is 3.86. The molecule has 4 amide bonds. The number of nitrogens with zero attached hydrogens (tertiary/aromatic N) is 1. The van der Waals surface area contributed by atoms with Crippen molar-refractivity contribution in [3.05, 3.63) is 0 Å². The van der Waals surface area contributed by atoms with Crippen LogP contribution in [0.3, 0.4) is 0 Å². The van der Waals surface area contributed by atoms with E-state index >= 15 is 0 Å². The first-order chi connectivity index (χ1) is 9.59. The molecule has 2 saturated heterocycles. The van der Waals surface area contributed by atoms with Crippen molar-refractivity contribution in [1.82, 2.24) is 20.9 Å². The number of carbonyl (C=O) groups excluding carboxylic acids is 3. The van der Waals surface area contributed by atoms with Gasteiger partial charge in [0.25, 0.3) is 5.91 Å². The van der Waals surface area contributed by atoms with Crippen molar-refractivity contribution in [2.24, 2.45) is 0 Å². The molecular formula is C13H22N4O3. The summed E-state index contributed by atoms with van der Waals surface area (Å²) >= 11 is 0. The molecule has 1 spiro atoms. The van der Waals surface area contributed by atoms with E-state index in [0.717, 1.165) is 17.7 Å². The average Bonchev–Trinajstić information content (AvgIpc) is 2.65. The molecule has 2 aliphatic rings. The second kappa shape index (κ2) is 6.21. The highest BCUT2D eigenvalue weighted by molar-refractivity contribution is 6.09. The minimum absolute atomic E-state index is 0.191. The smallest absolute Gasteiger partial charge is 0.325 e. The van der Waals surface area contributed by atoms with Crippen molar-refractivity contribution in [3.63, 3.8) is 0 Å². The topological polar surface area (TPSA) is 90.5 Å². The van der Waals surface area contributed by atoms with Gasteiger partial charge >= 0.3 is 6.03 Å². The maximum atomic E-state index is 12.4. The van der Waals surface area contributed by atoms with Crippen LogP contribution in [0, 0.1) is 0 Å². The van der Waals surface area contributed by atoms with Gasteiger partial charge in [0, 0.05) is 6.54 Å². The lowest BCUT2D eigenvalue weighted by atomic mass is 9.88. The van der Waals surface area contributed by atoms with Gasteiger partial charge in [-0.1, -0.05) is 13.3 Å². The molecule has 112 valence electrons. The van der Waals surface area contributed by atoms with Gasteiger partial charge in [-0.2, -0.15) is 0 Å². The summed E-state index contributed by atoms with van der Waals surface area (Å²) in [5.41, 5.74) is -0.800. The maximum Gasteiger partial charge on any atom is 0.325 e. The Kier molecular flexibility index (Phi) is 4.59. The summed E-state index contributed by atoms with van der Waals surface area (Å²) in [4.78, 5) is 37.1. The number of imide groups is 1. The highest BCUT2D eigenvalue weighted by atomic mass is 16.2. The zero-order valence-corrected chi connectivity index (χ0v) is 11.8. The Morgan fingerprint density at radius 3 is 2.70 bits per heavy atom. The summed E-state index contributed by atoms with van der Waals surface area (Å²) in [5, 5.41) is 8.64. The molecule has 7 nitrogen and oxygen atoms in total. The van der Waals surface area contributed by atoms with Crippen molar-refractivity contribution in [3.8, 4) is 0 Å². The Labute approximate surface area is 118 Å². The summed E-state index contributed by atoms with van der Waals surface area (Å²) < 4.78 is 0. The molecule has 0 radical (unpaired) electrons. The fraction of sp³-hybridized carbons (Fsp3) is 0.769. The average molecular weight is 282 g/mol. The van der Waals surface area contributed by atoms with E-state index < -0.39 is 11.6 Å². The van der Waals surface area contributed by atoms with Gasteiger partial charge in [-0.25, -0.2) is 4.79 Å². The predicted molar refractivity (Wildman–Crippen MR) is 73.0 cm³/mol. The van der Waals surface area contributed by atoms with Gasteiger partial charge < -0.3 is 16.0 Å². The largest absolute Gasteiger partial charge is 0.355 e. The van der Waals surface area contributed by atoms with E-state index in [4.69, 9.17) is 0 Å². The van der Waals surface area contributed by atoms with Gasteiger partial charge in [-0.15, -0.1) is 0 Å². The lowest BCUT2D eigenvalue weighted by Crippen LogP contribution is -2.54. The summed E-state index contributed by atoms with van der Waals surface area (Å²) in [6, 6.07) is -0.456. The lowest BCUT2D eigenvalue weighted by molar-refractivity contribution is -0.135. The monoisotopic (exact) mass is 282 g/mol. The SMILES string of the molecule is CCCCNC(=O)CN1C(=O)NC2(CCNCC2)C1=O. The molecule has 0 saturated carbocycles. The van der Waals surface area contributed by atoms with E-state index in [1.807, 2.05) is 6.92 Å². The minimum atomic E-state index is -0.800. The summed E-state index contributed by atoms with van der Waals surface area (Å²) in [5.74, 6) is -0.553. The molecule has 2 fully saturated rings. The van der Waals surface area contributed by atoms with Gasteiger partial charge in [0.1, 0.15) is 12.1 Å². The highest BCUT2D eigenvalue weighted by Crippen LogP contribution is 2.26. The Hall–Kier alpha value is -1.63. The Morgan fingerprint density at radius 1 is 1.35 bits per heavy atom. The van der Waals surface area contributed by atoms with Crippen LogP contribution in [0.4, 0.5) is 4.79 Å². The van der Waals surface area contributed by atoms with Gasteiger partial charge in [0.15, 0.2) is 0 Å². The van der Waals surface area contributed by atoms with E-state index in [1.54, 1.807) is 0 Å². The normalized spacial score (nSPS) is 21.1. The van der Waals surface area contributed by atoms with E-state index in [0.29, 0.717) is 32.5 Å². The molecule has 0 bridgehead atoms. The van der Waals surface area contributed by atoms with E-state index in [9.17, 15) is 14.4 Å². The number of rotatable bonds is 5. The molecule has 0 atom stereocenters. The van der Waals surface area contributed by atoms with Crippen LogP contribution in [0.15, 0.2) is 0 Å². The molecule has 0 unspecified atom stereocenters. The summed E-state index contributed by atoms with van der Waals surface area (Å²) in [7, 11) is 0. The van der Waals surface area contributed by atoms with Crippen molar-refractivity contribution in [2.45, 2.75) is 38.1 Å². The molecule has 2 heterocycles. The molecular weight excluding hydrogens is 260 g/mol. The first-order valence-corrected chi connectivity index (χ1v) is 7.20. The molecule has 2 rings (SSSR count). The molecule has 0 aliphatic carbocycles. The number of hydrogen-bond acceptors (Lipinski definition) is 4. The Bertz CT molecular complexity index is 404. The predicted octanol–water partition coefficient (Wildman–Crippen LogP) is -0.423. The van der Waals surface area contributed by atoms with Crippen LogP contribution >= 0.6 is 0 Å². The van der Waals surface area contributed by atoms with E-state index in [2.05, 4.69) is 16.0 Å². The number of unbranched alkanes of at least 4 members (excludes halogenated alkanes) is 1. The van der Waals surface area contributed by atoms with Crippen LogP contribution in [-0.2, 0) is 9.59 Å². The molecule has 3 N–H and O–H groups in total. The van der Waals surface area contributed by atoms with Crippen LogP contribution < -0.4 is 16.0 Å². The Balaban J connectivity index is 1.93. The van der Waals surface area contributed by atoms with Crippen molar-refractivity contribution < 1.29 is 14.4 Å². The summed E-state index contributed by atoms with van der Waals surface area (Å²) in [6.45, 7) is 3.81. The number of hydrogen-bond donors (Lipinski definition) is 3. The van der Waals surface area contributed by atoms with E-state index in [1.165, 1.54) is 0 Å². The zero-order chi connectivity index (χ0) is 14.6. The van der Waals surface area contributed by atoms with E-state index in [-0.39, 0.29) is 18.4 Å². The molecule has 2 aliphatic heterocycles. The van der Waals surface area contributed by atoms with Crippen LogP contribution in [0.25, 0.3) is 0 Å². The summed E-state index contributed by atoms with van der Waals surface area (Å²) in [6.07, 6.45) is 3.03. The minimum Gasteiger partial charge on any atom is -0.355 e. The van der Waals surface area contributed by atoms with Crippen LogP contribution in [0.5, 0.6) is 0 Å². The molecule has 7 heteroatoms. The fourth-order valence-corrected chi connectivity index (χ4v) is 2.62. The maximum absolute atomic E-state index is 12.4. The number of nitrogens with one attached hydrogen (secondary N) is 3. The van der Waals surface area contributed by atoms with Gasteiger partial charge in [0.05, 0.1) is 0 Å². The standard InChI is InChI=1S/C13H22N4O3/c1-2-3-6-15-10(18)9-17-11(19)13(16-12(17)20)4-7-14-8-5-13/h14H,2-9H2,1H3,(H,15,18)(H,16,20). The zero-order valence-electron chi connectivity index (χ0n) is 11.8. The van der Waals surface area contributed by atoms with Crippen LogP contribution in [-0.4, -0.2) is 54.5 Å². The lowest BCUT2D eigenvalue weighted by Gasteiger charge is -2.30. The molecule has 20 heavy (non-hydrogen) atoms. The fourth-order valence-electron chi connectivity index (χ4n) is 2.62.